The van der Waals surface area contributed by atoms with Crippen molar-refractivity contribution in [3.8, 4) is 11.8 Å². The normalized spacial score (nSPS) is 16.9. The maximum absolute atomic E-state index is 12.8. The summed E-state index contributed by atoms with van der Waals surface area (Å²) < 4.78 is 37.5. The van der Waals surface area contributed by atoms with Crippen molar-refractivity contribution < 1.29 is 17.9 Å². The first kappa shape index (κ1) is 18.0. The van der Waals surface area contributed by atoms with Crippen molar-refractivity contribution in [3.63, 3.8) is 0 Å². The van der Waals surface area contributed by atoms with E-state index >= 15 is 0 Å². The van der Waals surface area contributed by atoms with E-state index in [9.17, 15) is 8.42 Å². The summed E-state index contributed by atoms with van der Waals surface area (Å²) in [4.78, 5) is 0.119. The van der Waals surface area contributed by atoms with Gasteiger partial charge in [-0.2, -0.15) is 9.57 Å². The van der Waals surface area contributed by atoms with Crippen molar-refractivity contribution in [2.75, 3.05) is 26.8 Å². The molecule has 0 amide bonds. The third kappa shape index (κ3) is 3.96. The van der Waals surface area contributed by atoms with Crippen molar-refractivity contribution in [2.45, 2.75) is 30.8 Å². The average Bonchev–Trinajstić information content (AvgIpc) is 2.88. The van der Waals surface area contributed by atoms with E-state index in [1.165, 1.54) is 17.5 Å². The highest BCUT2D eigenvalue weighted by Gasteiger charge is 2.29. The van der Waals surface area contributed by atoms with Crippen LogP contribution in [-0.2, 0) is 21.2 Å². The number of nitriles is 1. The molecule has 8 heteroatoms. The van der Waals surface area contributed by atoms with Crippen LogP contribution in [0.2, 0.25) is 5.02 Å². The Morgan fingerprint density at radius 3 is 2.87 bits per heavy atom. The molecule has 1 aromatic carbocycles. The molecule has 1 aliphatic rings. The molecular weight excluding hydrogens is 340 g/mol. The molecule has 1 aliphatic heterocycles. The Morgan fingerprint density at radius 2 is 2.22 bits per heavy atom. The van der Waals surface area contributed by atoms with Crippen LogP contribution in [0.4, 0.5) is 0 Å². The summed E-state index contributed by atoms with van der Waals surface area (Å²) in [5.41, 5.74) is 0.788. The fourth-order valence-electron chi connectivity index (χ4n) is 2.48. The summed E-state index contributed by atoms with van der Waals surface area (Å²) in [6.07, 6.45) is 0.708. The Hall–Kier alpha value is -1.33. The monoisotopic (exact) mass is 358 g/mol. The Balaban J connectivity index is 2.36. The van der Waals surface area contributed by atoms with Crippen LogP contribution < -0.4 is 4.74 Å². The molecular formula is C15H19ClN2O4S. The van der Waals surface area contributed by atoms with Crippen molar-refractivity contribution in [2.24, 2.45) is 0 Å². The number of benzene rings is 1. The van der Waals surface area contributed by atoms with Crippen molar-refractivity contribution >= 4 is 21.6 Å². The van der Waals surface area contributed by atoms with E-state index in [4.69, 9.17) is 26.3 Å². The van der Waals surface area contributed by atoms with Crippen molar-refractivity contribution in [1.29, 1.82) is 5.26 Å². The summed E-state index contributed by atoms with van der Waals surface area (Å²) in [7, 11) is -2.24. The topological polar surface area (TPSA) is 79.6 Å². The standard InChI is InChI=1S/C15H19ClN2O4S/c1-11-8-12-9-13(10-14(16)15(12)22-11)23(19,20)18(5-3-4-17)6-7-21-2/h9-11H,3,5-8H2,1-2H3/t11-/m0/s1. The van der Waals surface area contributed by atoms with Crippen LogP contribution >= 0.6 is 11.6 Å². The van der Waals surface area contributed by atoms with Gasteiger partial charge in [-0.15, -0.1) is 0 Å². The van der Waals surface area contributed by atoms with Crippen LogP contribution in [0.1, 0.15) is 18.9 Å². The molecule has 1 heterocycles. The Morgan fingerprint density at radius 1 is 1.48 bits per heavy atom. The fourth-order valence-corrected chi connectivity index (χ4v) is 4.33. The molecule has 126 valence electrons. The van der Waals surface area contributed by atoms with E-state index in [0.29, 0.717) is 12.2 Å². The van der Waals surface area contributed by atoms with E-state index < -0.39 is 10.0 Å². The number of rotatable bonds is 7. The van der Waals surface area contributed by atoms with Gasteiger partial charge < -0.3 is 9.47 Å². The molecule has 0 spiro atoms. The first-order valence-electron chi connectivity index (χ1n) is 7.25. The van der Waals surface area contributed by atoms with E-state index in [0.717, 1.165) is 5.56 Å². The predicted octanol–water partition coefficient (Wildman–Crippen LogP) is 2.21. The fraction of sp³-hybridized carbons (Fsp3) is 0.533. The second-order valence-corrected chi connectivity index (χ2v) is 7.68. The van der Waals surface area contributed by atoms with Gasteiger partial charge in [0.25, 0.3) is 0 Å². The molecule has 0 unspecified atom stereocenters. The SMILES string of the molecule is COCCN(CCC#N)S(=O)(=O)c1cc(Cl)c2c(c1)C[C@H](C)O2. The highest BCUT2D eigenvalue weighted by Crippen LogP contribution is 2.38. The van der Waals surface area contributed by atoms with Crippen LogP contribution in [0.3, 0.4) is 0 Å². The lowest BCUT2D eigenvalue weighted by Gasteiger charge is -2.21. The minimum absolute atomic E-state index is 0.0244. The minimum atomic E-state index is -3.74. The summed E-state index contributed by atoms with van der Waals surface area (Å²) in [6, 6.07) is 4.97. The molecule has 23 heavy (non-hydrogen) atoms. The molecule has 0 saturated carbocycles. The maximum atomic E-state index is 12.8. The average molecular weight is 359 g/mol. The first-order chi connectivity index (χ1) is 10.9. The second kappa shape index (κ2) is 7.49. The Labute approximate surface area is 141 Å². The van der Waals surface area contributed by atoms with Gasteiger partial charge in [0, 0.05) is 38.6 Å². The number of halogens is 1. The van der Waals surface area contributed by atoms with Crippen LogP contribution in [0.25, 0.3) is 0 Å². The van der Waals surface area contributed by atoms with Crippen LogP contribution in [0.15, 0.2) is 17.0 Å². The molecule has 0 bridgehead atoms. The zero-order chi connectivity index (χ0) is 17.0. The molecule has 1 atom stereocenters. The third-order valence-corrected chi connectivity index (χ3v) is 5.73. The van der Waals surface area contributed by atoms with Crippen LogP contribution in [-0.4, -0.2) is 45.6 Å². The summed E-state index contributed by atoms with van der Waals surface area (Å²) in [5.74, 6) is 0.554. The molecule has 6 nitrogen and oxygen atoms in total. The number of ether oxygens (including phenoxy) is 2. The quantitative estimate of drug-likeness (QED) is 0.746. The molecule has 0 aromatic heterocycles. The van der Waals surface area contributed by atoms with Gasteiger partial charge in [0.05, 0.1) is 22.6 Å². The maximum Gasteiger partial charge on any atom is 0.243 e. The van der Waals surface area contributed by atoms with Gasteiger partial charge in [0.2, 0.25) is 10.0 Å². The van der Waals surface area contributed by atoms with Crippen LogP contribution in [0.5, 0.6) is 5.75 Å². The smallest absolute Gasteiger partial charge is 0.243 e. The highest BCUT2D eigenvalue weighted by molar-refractivity contribution is 7.89. The molecule has 2 rings (SSSR count). The number of fused-ring (bicyclic) bond motifs is 1. The number of methoxy groups -OCH3 is 1. The summed E-state index contributed by atoms with van der Waals surface area (Å²) >= 11 is 6.17. The molecule has 0 radical (unpaired) electrons. The lowest BCUT2D eigenvalue weighted by molar-refractivity contribution is 0.179. The lowest BCUT2D eigenvalue weighted by atomic mass is 10.1. The van der Waals surface area contributed by atoms with Gasteiger partial charge in [0.15, 0.2) is 0 Å². The van der Waals surface area contributed by atoms with Gasteiger partial charge in [-0.05, 0) is 19.1 Å². The number of nitrogens with zero attached hydrogens (tertiary/aromatic N) is 2. The molecule has 0 aliphatic carbocycles. The summed E-state index contributed by atoms with van der Waals surface area (Å²) in [5, 5.41) is 9.03. The number of sulfonamides is 1. The Bertz CT molecular complexity index is 715. The third-order valence-electron chi connectivity index (χ3n) is 3.58. The van der Waals surface area contributed by atoms with E-state index in [2.05, 4.69) is 0 Å². The van der Waals surface area contributed by atoms with E-state index in [-0.39, 0.29) is 42.1 Å². The Kier molecular flexibility index (Phi) is 5.87. The summed E-state index contributed by atoms with van der Waals surface area (Å²) in [6.45, 7) is 2.46. The van der Waals surface area contributed by atoms with E-state index in [1.54, 1.807) is 6.07 Å². The van der Waals surface area contributed by atoms with E-state index in [1.807, 2.05) is 13.0 Å². The minimum Gasteiger partial charge on any atom is -0.489 e. The molecule has 0 fully saturated rings. The molecule has 0 saturated heterocycles. The highest BCUT2D eigenvalue weighted by atomic mass is 35.5. The second-order valence-electron chi connectivity index (χ2n) is 5.33. The lowest BCUT2D eigenvalue weighted by Crippen LogP contribution is -2.34. The van der Waals surface area contributed by atoms with Crippen molar-refractivity contribution in [3.05, 3.63) is 22.7 Å². The number of hydrogen-bond donors (Lipinski definition) is 0. The zero-order valence-electron chi connectivity index (χ0n) is 13.1. The van der Waals surface area contributed by atoms with Gasteiger partial charge in [0.1, 0.15) is 11.9 Å². The molecule has 0 N–H and O–H groups in total. The molecule has 1 aromatic rings. The van der Waals surface area contributed by atoms with Crippen molar-refractivity contribution in [1.82, 2.24) is 4.31 Å². The van der Waals surface area contributed by atoms with Gasteiger partial charge >= 0.3 is 0 Å². The zero-order valence-corrected chi connectivity index (χ0v) is 14.7. The van der Waals surface area contributed by atoms with Gasteiger partial charge in [-0.1, -0.05) is 11.6 Å². The van der Waals surface area contributed by atoms with Gasteiger partial charge in [-0.3, -0.25) is 0 Å². The first-order valence-corrected chi connectivity index (χ1v) is 9.07. The number of hydrogen-bond acceptors (Lipinski definition) is 5. The van der Waals surface area contributed by atoms with Crippen LogP contribution in [0, 0.1) is 11.3 Å². The van der Waals surface area contributed by atoms with Gasteiger partial charge in [-0.25, -0.2) is 8.42 Å². The predicted molar refractivity (Wildman–Crippen MR) is 86.1 cm³/mol. The largest absolute Gasteiger partial charge is 0.489 e.